The number of aryl methyl sites for hydroxylation is 1. The Kier molecular flexibility index (Phi) is 6.01. The molecule has 1 unspecified atom stereocenters. The lowest BCUT2D eigenvalue weighted by Gasteiger charge is -2.21. The van der Waals surface area contributed by atoms with Gasteiger partial charge < -0.3 is 4.74 Å². The van der Waals surface area contributed by atoms with Crippen LogP contribution in [0.3, 0.4) is 0 Å². The minimum Gasteiger partial charge on any atom is -0.465 e. The van der Waals surface area contributed by atoms with Crippen LogP contribution >= 0.6 is 0 Å². The first-order valence-electron chi connectivity index (χ1n) is 6.43. The molecule has 3 nitrogen and oxygen atoms in total. The van der Waals surface area contributed by atoms with Crippen molar-refractivity contribution in [1.29, 1.82) is 0 Å². The number of benzene rings is 1. The van der Waals surface area contributed by atoms with Crippen molar-refractivity contribution < 1.29 is 22.7 Å². The number of hydrogen-bond acceptors (Lipinski definition) is 3. The molecular weight excluding hydrogens is 271 g/mol. The molecule has 20 heavy (non-hydrogen) atoms. The zero-order chi connectivity index (χ0) is 15.2. The van der Waals surface area contributed by atoms with Crippen molar-refractivity contribution in [3.63, 3.8) is 0 Å². The molecule has 1 atom stereocenters. The number of ether oxygens (including phenoxy) is 1. The summed E-state index contributed by atoms with van der Waals surface area (Å²) in [5, 5.41) is 2.24. The van der Waals surface area contributed by atoms with Crippen molar-refractivity contribution in [3.05, 3.63) is 35.4 Å². The summed E-state index contributed by atoms with van der Waals surface area (Å²) in [6.45, 7) is 2.38. The SMILES string of the molecule is CCOC(=O)C(NCC(F)(F)F)c1ccccc1CC. The summed E-state index contributed by atoms with van der Waals surface area (Å²) in [4.78, 5) is 11.9. The van der Waals surface area contributed by atoms with Gasteiger partial charge in [0.05, 0.1) is 13.2 Å². The molecule has 0 saturated heterocycles. The van der Waals surface area contributed by atoms with Gasteiger partial charge in [0.25, 0.3) is 0 Å². The van der Waals surface area contributed by atoms with Crippen LogP contribution < -0.4 is 5.32 Å². The van der Waals surface area contributed by atoms with Crippen LogP contribution in [0.1, 0.15) is 31.0 Å². The van der Waals surface area contributed by atoms with Crippen molar-refractivity contribution in [2.24, 2.45) is 0 Å². The quantitative estimate of drug-likeness (QED) is 0.818. The molecule has 1 aromatic rings. The zero-order valence-corrected chi connectivity index (χ0v) is 11.5. The van der Waals surface area contributed by atoms with E-state index < -0.39 is 24.7 Å². The molecule has 1 rings (SSSR count). The van der Waals surface area contributed by atoms with Crippen LogP contribution in [0.2, 0.25) is 0 Å². The van der Waals surface area contributed by atoms with E-state index in [2.05, 4.69) is 5.32 Å². The smallest absolute Gasteiger partial charge is 0.401 e. The maximum absolute atomic E-state index is 12.3. The van der Waals surface area contributed by atoms with Crippen LogP contribution in [0.15, 0.2) is 24.3 Å². The van der Waals surface area contributed by atoms with Crippen LogP contribution in [0.4, 0.5) is 13.2 Å². The minimum atomic E-state index is -4.38. The molecule has 0 saturated carbocycles. The van der Waals surface area contributed by atoms with E-state index in [9.17, 15) is 18.0 Å². The van der Waals surface area contributed by atoms with Gasteiger partial charge in [-0.15, -0.1) is 0 Å². The number of halogens is 3. The van der Waals surface area contributed by atoms with Gasteiger partial charge in [0.1, 0.15) is 6.04 Å². The summed E-state index contributed by atoms with van der Waals surface area (Å²) in [5.74, 6) is -0.697. The fraction of sp³-hybridized carbons (Fsp3) is 0.500. The zero-order valence-electron chi connectivity index (χ0n) is 11.5. The first-order valence-corrected chi connectivity index (χ1v) is 6.43. The van der Waals surface area contributed by atoms with Crippen molar-refractivity contribution >= 4 is 5.97 Å². The van der Waals surface area contributed by atoms with Crippen LogP contribution in [-0.2, 0) is 16.0 Å². The molecule has 0 aliphatic carbocycles. The number of esters is 1. The van der Waals surface area contributed by atoms with Crippen molar-refractivity contribution in [2.75, 3.05) is 13.2 Å². The standard InChI is InChI=1S/C14H18F3NO2/c1-3-10-7-5-6-8-11(10)12(13(19)20-4-2)18-9-14(15,16)17/h5-8,12,18H,3-4,9H2,1-2H3. The molecule has 0 spiro atoms. The topological polar surface area (TPSA) is 38.3 Å². The van der Waals surface area contributed by atoms with Gasteiger partial charge in [-0.05, 0) is 24.5 Å². The highest BCUT2D eigenvalue weighted by molar-refractivity contribution is 5.78. The van der Waals surface area contributed by atoms with Gasteiger partial charge in [0, 0.05) is 0 Å². The lowest BCUT2D eigenvalue weighted by molar-refractivity contribution is -0.149. The normalized spacial score (nSPS) is 13.1. The third-order valence-electron chi connectivity index (χ3n) is 2.78. The molecule has 0 aromatic heterocycles. The van der Waals surface area contributed by atoms with Gasteiger partial charge in [-0.2, -0.15) is 13.2 Å². The lowest BCUT2D eigenvalue weighted by atomic mass is 9.98. The molecule has 112 valence electrons. The van der Waals surface area contributed by atoms with E-state index >= 15 is 0 Å². The molecule has 0 aliphatic rings. The van der Waals surface area contributed by atoms with E-state index in [4.69, 9.17) is 4.74 Å². The van der Waals surface area contributed by atoms with Crippen LogP contribution in [-0.4, -0.2) is 25.3 Å². The summed E-state index contributed by atoms with van der Waals surface area (Å²) in [7, 11) is 0. The van der Waals surface area contributed by atoms with E-state index in [1.807, 2.05) is 6.92 Å². The van der Waals surface area contributed by atoms with E-state index in [0.29, 0.717) is 12.0 Å². The van der Waals surface area contributed by atoms with Gasteiger partial charge in [-0.1, -0.05) is 31.2 Å². The summed E-state index contributed by atoms with van der Waals surface area (Å²) in [6.07, 6.45) is -3.76. The van der Waals surface area contributed by atoms with E-state index in [1.54, 1.807) is 31.2 Å². The number of rotatable bonds is 6. The maximum atomic E-state index is 12.3. The Morgan fingerprint density at radius 2 is 1.95 bits per heavy atom. The maximum Gasteiger partial charge on any atom is 0.401 e. The van der Waals surface area contributed by atoms with Gasteiger partial charge in [0.15, 0.2) is 0 Å². The molecule has 0 radical (unpaired) electrons. The van der Waals surface area contributed by atoms with E-state index in [1.165, 1.54) is 0 Å². The third-order valence-corrected chi connectivity index (χ3v) is 2.78. The summed E-state index contributed by atoms with van der Waals surface area (Å²) in [6, 6.07) is 5.80. The molecule has 0 aliphatic heterocycles. The summed E-state index contributed by atoms with van der Waals surface area (Å²) in [5.41, 5.74) is 1.35. The minimum absolute atomic E-state index is 0.122. The number of hydrogen-bond donors (Lipinski definition) is 1. The highest BCUT2D eigenvalue weighted by atomic mass is 19.4. The Morgan fingerprint density at radius 1 is 1.30 bits per heavy atom. The third kappa shape index (κ3) is 4.85. The molecule has 0 amide bonds. The number of carbonyl (C=O) groups excluding carboxylic acids is 1. The molecule has 0 heterocycles. The molecule has 0 fully saturated rings. The average Bonchev–Trinajstić information content (AvgIpc) is 2.38. The van der Waals surface area contributed by atoms with Gasteiger partial charge >= 0.3 is 12.1 Å². The highest BCUT2D eigenvalue weighted by Crippen LogP contribution is 2.22. The average molecular weight is 289 g/mol. The second-order valence-corrected chi connectivity index (χ2v) is 4.23. The molecular formula is C14H18F3NO2. The summed E-state index contributed by atoms with van der Waals surface area (Å²) < 4.78 is 41.9. The molecule has 0 bridgehead atoms. The second kappa shape index (κ2) is 7.28. The fourth-order valence-electron chi connectivity index (χ4n) is 1.90. The lowest BCUT2D eigenvalue weighted by Crippen LogP contribution is -2.37. The number of nitrogens with one attached hydrogen (secondary N) is 1. The Bertz CT molecular complexity index is 446. The Hall–Kier alpha value is -1.56. The van der Waals surface area contributed by atoms with Crippen molar-refractivity contribution in [3.8, 4) is 0 Å². The number of alkyl halides is 3. The van der Waals surface area contributed by atoms with E-state index in [0.717, 1.165) is 5.56 Å². The highest BCUT2D eigenvalue weighted by Gasteiger charge is 2.32. The molecule has 6 heteroatoms. The van der Waals surface area contributed by atoms with Gasteiger partial charge in [0.2, 0.25) is 0 Å². The Balaban J connectivity index is 3.00. The van der Waals surface area contributed by atoms with Crippen LogP contribution in [0.25, 0.3) is 0 Å². The molecule has 1 N–H and O–H groups in total. The van der Waals surface area contributed by atoms with E-state index in [-0.39, 0.29) is 6.61 Å². The monoisotopic (exact) mass is 289 g/mol. The predicted molar refractivity (Wildman–Crippen MR) is 69.3 cm³/mol. The summed E-state index contributed by atoms with van der Waals surface area (Å²) >= 11 is 0. The first kappa shape index (κ1) is 16.5. The van der Waals surface area contributed by atoms with Gasteiger partial charge in [-0.25, -0.2) is 4.79 Å². The molecule has 1 aromatic carbocycles. The van der Waals surface area contributed by atoms with Crippen molar-refractivity contribution in [1.82, 2.24) is 5.32 Å². The Labute approximate surface area is 116 Å². The largest absolute Gasteiger partial charge is 0.465 e. The number of carbonyl (C=O) groups is 1. The van der Waals surface area contributed by atoms with Gasteiger partial charge in [-0.3, -0.25) is 5.32 Å². The van der Waals surface area contributed by atoms with Crippen LogP contribution in [0, 0.1) is 0 Å². The van der Waals surface area contributed by atoms with Crippen LogP contribution in [0.5, 0.6) is 0 Å². The Morgan fingerprint density at radius 3 is 2.50 bits per heavy atom. The second-order valence-electron chi connectivity index (χ2n) is 4.23. The van der Waals surface area contributed by atoms with Crippen molar-refractivity contribution in [2.45, 2.75) is 32.5 Å². The first-order chi connectivity index (χ1) is 9.39. The predicted octanol–water partition coefficient (Wildman–Crippen LogP) is 3.01. The fourth-order valence-corrected chi connectivity index (χ4v) is 1.90.